The molecule has 0 unspecified atom stereocenters. The van der Waals surface area contributed by atoms with Gasteiger partial charge in [-0.05, 0) is 38.8 Å². The maximum atomic E-state index is 6.23. The molecule has 2 fully saturated rings. The Balaban J connectivity index is 1.70. The van der Waals surface area contributed by atoms with Crippen molar-refractivity contribution in [1.82, 2.24) is 5.32 Å². The van der Waals surface area contributed by atoms with Gasteiger partial charge in [0.15, 0.2) is 0 Å². The third-order valence-electron chi connectivity index (χ3n) is 3.72. The van der Waals surface area contributed by atoms with Crippen LogP contribution in [-0.2, 0) is 4.74 Å². The van der Waals surface area contributed by atoms with Crippen molar-refractivity contribution in [2.45, 2.75) is 70.0 Å². The van der Waals surface area contributed by atoms with E-state index in [-0.39, 0.29) is 0 Å². The summed E-state index contributed by atoms with van der Waals surface area (Å²) in [5.74, 6) is 0. The molecule has 1 saturated carbocycles. The summed E-state index contributed by atoms with van der Waals surface area (Å²) in [6.45, 7) is 2.30. The molecule has 0 aromatic rings. The van der Waals surface area contributed by atoms with E-state index >= 15 is 0 Å². The summed E-state index contributed by atoms with van der Waals surface area (Å²) in [5.41, 5.74) is 0. The number of rotatable bonds is 2. The summed E-state index contributed by atoms with van der Waals surface area (Å²) in [6.07, 6.45) is 13.2. The fraction of sp³-hybridized carbons (Fsp3) is 1.00. The monoisotopic (exact) mass is 211 g/mol. The molecule has 0 amide bonds. The zero-order chi connectivity index (χ0) is 10.3. The van der Waals surface area contributed by atoms with Crippen molar-refractivity contribution in [1.29, 1.82) is 0 Å². The van der Waals surface area contributed by atoms with Gasteiger partial charge in [-0.25, -0.2) is 0 Å². The molecule has 0 aromatic heterocycles. The number of ether oxygens (including phenoxy) is 1. The van der Waals surface area contributed by atoms with Gasteiger partial charge in [-0.2, -0.15) is 0 Å². The highest BCUT2D eigenvalue weighted by Gasteiger charge is 2.19. The van der Waals surface area contributed by atoms with Crippen LogP contribution in [0.1, 0.15) is 57.8 Å². The lowest BCUT2D eigenvalue weighted by molar-refractivity contribution is -0.0372. The summed E-state index contributed by atoms with van der Waals surface area (Å²) in [6, 6.07) is 0. The highest BCUT2D eigenvalue weighted by molar-refractivity contribution is 4.72. The highest BCUT2D eigenvalue weighted by Crippen LogP contribution is 2.22. The number of hydrogen-bond acceptors (Lipinski definition) is 2. The minimum Gasteiger partial charge on any atom is -0.375 e. The molecular weight excluding hydrogens is 186 g/mol. The van der Waals surface area contributed by atoms with Gasteiger partial charge in [0.05, 0.1) is 12.2 Å². The quantitative estimate of drug-likeness (QED) is 0.758. The van der Waals surface area contributed by atoms with Crippen LogP contribution < -0.4 is 5.32 Å². The Labute approximate surface area is 93.8 Å². The predicted molar refractivity (Wildman–Crippen MR) is 63.1 cm³/mol. The van der Waals surface area contributed by atoms with Gasteiger partial charge in [-0.1, -0.05) is 32.1 Å². The van der Waals surface area contributed by atoms with Crippen LogP contribution in [0, 0.1) is 0 Å². The van der Waals surface area contributed by atoms with Gasteiger partial charge in [0, 0.05) is 0 Å². The van der Waals surface area contributed by atoms with Crippen LogP contribution in [0.25, 0.3) is 0 Å². The van der Waals surface area contributed by atoms with E-state index in [9.17, 15) is 0 Å². The molecule has 2 rings (SSSR count). The summed E-state index contributed by atoms with van der Waals surface area (Å²) < 4.78 is 6.23. The van der Waals surface area contributed by atoms with Gasteiger partial charge in [0.2, 0.25) is 0 Å². The van der Waals surface area contributed by atoms with Crippen molar-refractivity contribution < 1.29 is 4.74 Å². The lowest BCUT2D eigenvalue weighted by Crippen LogP contribution is -2.35. The lowest BCUT2D eigenvalue weighted by Gasteiger charge is -2.29. The van der Waals surface area contributed by atoms with Crippen LogP contribution >= 0.6 is 0 Å². The average molecular weight is 211 g/mol. The predicted octanol–water partition coefficient (Wildman–Crippen LogP) is 2.87. The van der Waals surface area contributed by atoms with Crippen LogP contribution in [0.5, 0.6) is 0 Å². The van der Waals surface area contributed by atoms with E-state index in [0.717, 1.165) is 13.1 Å². The van der Waals surface area contributed by atoms with E-state index in [1.54, 1.807) is 0 Å². The topological polar surface area (TPSA) is 21.3 Å². The standard InChI is InChI=1S/C13H25NO/c1-2-4-6-12(7-5-3-1)15-13-8-10-14-11-9-13/h12-14H,1-11H2. The minimum atomic E-state index is 0.552. The molecule has 0 spiro atoms. The van der Waals surface area contributed by atoms with Gasteiger partial charge in [0.25, 0.3) is 0 Å². The molecule has 0 bridgehead atoms. The molecule has 1 saturated heterocycles. The normalized spacial score (nSPS) is 27.2. The van der Waals surface area contributed by atoms with Gasteiger partial charge < -0.3 is 10.1 Å². The van der Waals surface area contributed by atoms with E-state index in [1.165, 1.54) is 57.8 Å². The first-order chi connectivity index (χ1) is 7.45. The van der Waals surface area contributed by atoms with E-state index in [0.29, 0.717) is 12.2 Å². The number of hydrogen-bond donors (Lipinski definition) is 1. The largest absolute Gasteiger partial charge is 0.375 e. The highest BCUT2D eigenvalue weighted by atomic mass is 16.5. The van der Waals surface area contributed by atoms with E-state index in [1.807, 2.05) is 0 Å². The molecule has 1 aliphatic carbocycles. The molecule has 1 heterocycles. The fourth-order valence-electron chi connectivity index (χ4n) is 2.76. The van der Waals surface area contributed by atoms with Gasteiger partial charge in [-0.15, -0.1) is 0 Å². The van der Waals surface area contributed by atoms with Crippen LogP contribution in [0.15, 0.2) is 0 Å². The van der Waals surface area contributed by atoms with Crippen molar-refractivity contribution in [3.05, 3.63) is 0 Å². The Bertz CT molecular complexity index is 158. The fourth-order valence-corrected chi connectivity index (χ4v) is 2.76. The zero-order valence-electron chi connectivity index (χ0n) is 9.84. The molecule has 0 aromatic carbocycles. The minimum absolute atomic E-state index is 0.552. The molecule has 15 heavy (non-hydrogen) atoms. The molecule has 1 aliphatic heterocycles. The first-order valence-electron chi connectivity index (χ1n) is 6.81. The summed E-state index contributed by atoms with van der Waals surface area (Å²) >= 11 is 0. The lowest BCUT2D eigenvalue weighted by atomic mass is 9.98. The van der Waals surface area contributed by atoms with Crippen LogP contribution in [-0.4, -0.2) is 25.3 Å². The Hall–Kier alpha value is -0.0800. The van der Waals surface area contributed by atoms with E-state index in [2.05, 4.69) is 5.32 Å². The summed E-state index contributed by atoms with van der Waals surface area (Å²) in [7, 11) is 0. The van der Waals surface area contributed by atoms with E-state index < -0.39 is 0 Å². The van der Waals surface area contributed by atoms with Crippen molar-refractivity contribution in [2.24, 2.45) is 0 Å². The molecule has 2 aliphatic rings. The zero-order valence-corrected chi connectivity index (χ0v) is 9.84. The Morgan fingerprint density at radius 3 is 1.87 bits per heavy atom. The maximum absolute atomic E-state index is 6.23. The molecule has 2 nitrogen and oxygen atoms in total. The smallest absolute Gasteiger partial charge is 0.0603 e. The maximum Gasteiger partial charge on any atom is 0.0603 e. The number of piperidine rings is 1. The second-order valence-corrected chi connectivity index (χ2v) is 5.05. The van der Waals surface area contributed by atoms with E-state index in [4.69, 9.17) is 4.74 Å². The van der Waals surface area contributed by atoms with Gasteiger partial charge >= 0.3 is 0 Å². The molecular formula is C13H25NO. The first kappa shape index (κ1) is 11.4. The first-order valence-corrected chi connectivity index (χ1v) is 6.81. The second-order valence-electron chi connectivity index (χ2n) is 5.05. The Kier molecular flexibility index (Phi) is 4.94. The van der Waals surface area contributed by atoms with Crippen molar-refractivity contribution in [2.75, 3.05) is 13.1 Å². The number of nitrogens with one attached hydrogen (secondary N) is 1. The molecule has 1 N–H and O–H groups in total. The average Bonchev–Trinajstić information content (AvgIpc) is 2.23. The summed E-state index contributed by atoms with van der Waals surface area (Å²) in [4.78, 5) is 0. The molecule has 2 heteroatoms. The van der Waals surface area contributed by atoms with Crippen molar-refractivity contribution >= 4 is 0 Å². The summed E-state index contributed by atoms with van der Waals surface area (Å²) in [5, 5.41) is 3.39. The third-order valence-corrected chi connectivity index (χ3v) is 3.72. The second kappa shape index (κ2) is 6.49. The Morgan fingerprint density at radius 1 is 0.667 bits per heavy atom. The molecule has 88 valence electrons. The van der Waals surface area contributed by atoms with Crippen LogP contribution in [0.2, 0.25) is 0 Å². The van der Waals surface area contributed by atoms with Crippen LogP contribution in [0.3, 0.4) is 0 Å². The Morgan fingerprint density at radius 2 is 1.20 bits per heavy atom. The molecule has 0 radical (unpaired) electrons. The third kappa shape index (κ3) is 4.12. The van der Waals surface area contributed by atoms with Crippen molar-refractivity contribution in [3.8, 4) is 0 Å². The van der Waals surface area contributed by atoms with Crippen LogP contribution in [0.4, 0.5) is 0 Å². The van der Waals surface area contributed by atoms with Gasteiger partial charge in [-0.3, -0.25) is 0 Å². The molecule has 0 atom stereocenters. The SMILES string of the molecule is C1CCCC(OC2CCNCC2)CCC1. The van der Waals surface area contributed by atoms with Gasteiger partial charge in [0.1, 0.15) is 0 Å². The van der Waals surface area contributed by atoms with Crippen molar-refractivity contribution in [3.63, 3.8) is 0 Å².